The first-order chi connectivity index (χ1) is 12.2. The van der Waals surface area contributed by atoms with Gasteiger partial charge in [0, 0.05) is 51.5 Å². The number of rotatable bonds is 5. The quantitative estimate of drug-likeness (QED) is 0.764. The van der Waals surface area contributed by atoms with Gasteiger partial charge in [-0.15, -0.1) is 0 Å². The SMILES string of the molecule is CN1CCC(N(C)c2ccccc2CN2CCN(CC#N)CC2)CC1. The van der Waals surface area contributed by atoms with E-state index in [9.17, 15) is 0 Å². The second-order valence-corrected chi connectivity index (χ2v) is 7.48. The molecule has 0 amide bonds. The zero-order chi connectivity index (χ0) is 17.6. The molecule has 0 spiro atoms. The lowest BCUT2D eigenvalue weighted by Crippen LogP contribution is -2.46. The van der Waals surface area contributed by atoms with E-state index in [1.807, 2.05) is 0 Å². The van der Waals surface area contributed by atoms with Crippen LogP contribution in [0.1, 0.15) is 18.4 Å². The number of nitrogens with zero attached hydrogens (tertiary/aromatic N) is 5. The number of hydrogen-bond acceptors (Lipinski definition) is 5. The molecule has 136 valence electrons. The number of likely N-dealkylation sites (tertiary alicyclic amines) is 1. The van der Waals surface area contributed by atoms with Gasteiger partial charge in [0.25, 0.3) is 0 Å². The molecule has 0 saturated carbocycles. The van der Waals surface area contributed by atoms with Gasteiger partial charge in [0.1, 0.15) is 0 Å². The molecule has 5 heteroatoms. The highest BCUT2D eigenvalue weighted by atomic mass is 15.3. The van der Waals surface area contributed by atoms with E-state index in [-0.39, 0.29) is 0 Å². The van der Waals surface area contributed by atoms with E-state index in [4.69, 9.17) is 5.26 Å². The third kappa shape index (κ3) is 4.72. The molecule has 25 heavy (non-hydrogen) atoms. The lowest BCUT2D eigenvalue weighted by molar-refractivity contribution is 0.138. The average Bonchev–Trinajstić information content (AvgIpc) is 2.64. The van der Waals surface area contributed by atoms with E-state index < -0.39 is 0 Å². The van der Waals surface area contributed by atoms with Crippen molar-refractivity contribution in [2.45, 2.75) is 25.4 Å². The fourth-order valence-corrected chi connectivity index (χ4v) is 4.01. The smallest absolute Gasteiger partial charge is 0.0866 e. The van der Waals surface area contributed by atoms with Crippen LogP contribution in [0, 0.1) is 11.3 Å². The second kappa shape index (κ2) is 8.66. The summed E-state index contributed by atoms with van der Waals surface area (Å²) >= 11 is 0. The summed E-state index contributed by atoms with van der Waals surface area (Å²) in [5.74, 6) is 0. The van der Waals surface area contributed by atoms with Crippen LogP contribution in [-0.4, -0.2) is 80.7 Å². The molecule has 0 unspecified atom stereocenters. The molecule has 0 bridgehead atoms. The van der Waals surface area contributed by atoms with Gasteiger partial charge < -0.3 is 9.80 Å². The maximum Gasteiger partial charge on any atom is 0.0866 e. The van der Waals surface area contributed by atoms with Crippen LogP contribution in [0.2, 0.25) is 0 Å². The molecule has 0 atom stereocenters. The van der Waals surface area contributed by atoms with Crippen molar-refractivity contribution >= 4 is 5.69 Å². The summed E-state index contributed by atoms with van der Waals surface area (Å²) in [5.41, 5.74) is 2.81. The molecule has 0 aromatic heterocycles. The minimum atomic E-state index is 0.559. The topological polar surface area (TPSA) is 36.8 Å². The van der Waals surface area contributed by atoms with Crippen molar-refractivity contribution in [3.63, 3.8) is 0 Å². The van der Waals surface area contributed by atoms with Gasteiger partial charge in [-0.25, -0.2) is 0 Å². The molecular weight excluding hydrogens is 310 g/mol. The standard InChI is InChI=1S/C20H31N5/c1-22-10-7-19(8-11-22)23(2)20-6-4-3-5-18(20)17-25-15-13-24(12-9-21)14-16-25/h3-6,19H,7-8,10-17H2,1-2H3. The fraction of sp³-hybridized carbons (Fsp3) is 0.650. The highest BCUT2D eigenvalue weighted by molar-refractivity contribution is 5.54. The van der Waals surface area contributed by atoms with Crippen LogP contribution in [0.4, 0.5) is 5.69 Å². The molecule has 2 fully saturated rings. The summed E-state index contributed by atoms with van der Waals surface area (Å²) in [6.07, 6.45) is 2.49. The Bertz CT molecular complexity index is 580. The summed E-state index contributed by atoms with van der Waals surface area (Å²) < 4.78 is 0. The fourth-order valence-electron chi connectivity index (χ4n) is 4.01. The lowest BCUT2D eigenvalue weighted by Gasteiger charge is -2.38. The van der Waals surface area contributed by atoms with Crippen molar-refractivity contribution in [3.05, 3.63) is 29.8 Å². The van der Waals surface area contributed by atoms with Gasteiger partial charge in [-0.05, 0) is 44.6 Å². The molecule has 0 aliphatic carbocycles. The normalized spacial score (nSPS) is 21.2. The van der Waals surface area contributed by atoms with Crippen molar-refractivity contribution in [3.8, 4) is 6.07 Å². The van der Waals surface area contributed by atoms with Crippen LogP contribution in [0.5, 0.6) is 0 Å². The Morgan fingerprint density at radius 2 is 1.68 bits per heavy atom. The van der Waals surface area contributed by atoms with Gasteiger partial charge in [-0.3, -0.25) is 9.80 Å². The van der Waals surface area contributed by atoms with Crippen LogP contribution in [0.3, 0.4) is 0 Å². The third-order valence-corrected chi connectivity index (χ3v) is 5.76. The molecule has 0 N–H and O–H groups in total. The second-order valence-electron chi connectivity index (χ2n) is 7.48. The first-order valence-corrected chi connectivity index (χ1v) is 9.48. The summed E-state index contributed by atoms with van der Waals surface area (Å²) in [4.78, 5) is 9.70. The zero-order valence-electron chi connectivity index (χ0n) is 15.7. The summed E-state index contributed by atoms with van der Waals surface area (Å²) in [6, 6.07) is 11.8. The van der Waals surface area contributed by atoms with Crippen molar-refractivity contribution < 1.29 is 0 Å². The van der Waals surface area contributed by atoms with Gasteiger partial charge in [-0.1, -0.05) is 18.2 Å². The Hall–Kier alpha value is -1.61. The molecule has 1 aromatic rings. The predicted octanol–water partition coefficient (Wildman–Crippen LogP) is 1.86. The molecule has 2 saturated heterocycles. The monoisotopic (exact) mass is 341 g/mol. The van der Waals surface area contributed by atoms with E-state index in [0.29, 0.717) is 12.6 Å². The number of hydrogen-bond donors (Lipinski definition) is 0. The first-order valence-electron chi connectivity index (χ1n) is 9.48. The molecule has 0 radical (unpaired) electrons. The molecule has 5 nitrogen and oxygen atoms in total. The highest BCUT2D eigenvalue weighted by Crippen LogP contribution is 2.26. The molecule has 2 aliphatic rings. The number of para-hydroxylation sites is 1. The molecule has 1 aromatic carbocycles. The first kappa shape index (κ1) is 18.2. The van der Waals surface area contributed by atoms with E-state index in [2.05, 4.69) is 64.0 Å². The van der Waals surface area contributed by atoms with E-state index in [1.54, 1.807) is 0 Å². The Kier molecular flexibility index (Phi) is 6.30. The maximum atomic E-state index is 8.84. The number of anilines is 1. The average molecular weight is 342 g/mol. The van der Waals surface area contributed by atoms with E-state index >= 15 is 0 Å². The van der Waals surface area contributed by atoms with Crippen molar-refractivity contribution in [1.82, 2.24) is 14.7 Å². The van der Waals surface area contributed by atoms with Crippen molar-refractivity contribution in [2.75, 3.05) is 64.8 Å². The minimum Gasteiger partial charge on any atom is -0.371 e. The van der Waals surface area contributed by atoms with Crippen LogP contribution in [-0.2, 0) is 6.54 Å². The maximum absolute atomic E-state index is 8.84. The number of nitriles is 1. The molecular formula is C20H31N5. The molecule has 3 rings (SSSR count). The van der Waals surface area contributed by atoms with Gasteiger partial charge in [0.15, 0.2) is 0 Å². The highest BCUT2D eigenvalue weighted by Gasteiger charge is 2.23. The summed E-state index contributed by atoms with van der Waals surface area (Å²) in [5, 5.41) is 8.84. The number of benzene rings is 1. The summed E-state index contributed by atoms with van der Waals surface area (Å²) in [6.45, 7) is 8.05. The van der Waals surface area contributed by atoms with Gasteiger partial charge in [0.2, 0.25) is 0 Å². The summed E-state index contributed by atoms with van der Waals surface area (Å²) in [7, 11) is 4.48. The Labute approximate surface area is 152 Å². The number of piperazine rings is 1. The Morgan fingerprint density at radius 3 is 2.36 bits per heavy atom. The van der Waals surface area contributed by atoms with E-state index in [0.717, 1.165) is 32.7 Å². The lowest BCUT2D eigenvalue weighted by atomic mass is 10.0. The van der Waals surface area contributed by atoms with Gasteiger partial charge in [-0.2, -0.15) is 5.26 Å². The Balaban J connectivity index is 1.62. The van der Waals surface area contributed by atoms with Gasteiger partial charge >= 0.3 is 0 Å². The number of piperidine rings is 1. The largest absolute Gasteiger partial charge is 0.371 e. The van der Waals surface area contributed by atoms with E-state index in [1.165, 1.54) is 37.2 Å². The minimum absolute atomic E-state index is 0.559. The molecule has 2 aliphatic heterocycles. The van der Waals surface area contributed by atoms with Crippen LogP contribution >= 0.6 is 0 Å². The Morgan fingerprint density at radius 1 is 1.04 bits per heavy atom. The molecule has 2 heterocycles. The third-order valence-electron chi connectivity index (χ3n) is 5.76. The van der Waals surface area contributed by atoms with Crippen molar-refractivity contribution in [1.29, 1.82) is 5.26 Å². The van der Waals surface area contributed by atoms with Crippen LogP contribution < -0.4 is 4.90 Å². The van der Waals surface area contributed by atoms with Crippen LogP contribution in [0.15, 0.2) is 24.3 Å². The van der Waals surface area contributed by atoms with Gasteiger partial charge in [0.05, 0.1) is 12.6 Å². The van der Waals surface area contributed by atoms with Crippen LogP contribution in [0.25, 0.3) is 0 Å². The zero-order valence-corrected chi connectivity index (χ0v) is 15.7. The predicted molar refractivity (Wildman–Crippen MR) is 103 cm³/mol. The van der Waals surface area contributed by atoms with Crippen molar-refractivity contribution in [2.24, 2.45) is 0 Å².